The summed E-state index contributed by atoms with van der Waals surface area (Å²) in [5, 5.41) is 8.56. The Morgan fingerprint density at radius 2 is 1.70 bits per heavy atom. The Kier molecular flexibility index (Phi) is 3.81. The zero-order valence-electron chi connectivity index (χ0n) is 11.8. The minimum Gasteiger partial charge on any atom is -0.291 e. The first-order valence-electron chi connectivity index (χ1n) is 6.95. The quantitative estimate of drug-likeness (QED) is 0.796. The van der Waals surface area contributed by atoms with Gasteiger partial charge in [0.15, 0.2) is 5.17 Å². The Labute approximate surface area is 148 Å². The van der Waals surface area contributed by atoms with Gasteiger partial charge in [0.2, 0.25) is 0 Å². The van der Waals surface area contributed by atoms with Crippen LogP contribution in [0.3, 0.4) is 0 Å². The van der Waals surface area contributed by atoms with Crippen LogP contribution in [0.1, 0.15) is 11.1 Å². The molecule has 4 rings (SSSR count). The number of hydrogen-bond donors (Lipinski definition) is 1. The molecular weight excluding hydrogens is 349 g/mol. The number of nitrogens with one attached hydrogen (secondary N) is 1. The lowest BCUT2D eigenvalue weighted by Crippen LogP contribution is -2.26. The van der Waals surface area contributed by atoms with Crippen LogP contribution in [0.5, 0.6) is 0 Å². The second kappa shape index (κ2) is 5.96. The first-order valence-corrected chi connectivity index (χ1v) is 8.59. The van der Waals surface area contributed by atoms with Crippen molar-refractivity contribution in [1.82, 2.24) is 10.3 Å². The first kappa shape index (κ1) is 14.7. The van der Waals surface area contributed by atoms with E-state index in [1.165, 1.54) is 0 Å². The number of amidine groups is 1. The average Bonchev–Trinajstić information content (AvgIpc) is 2.99. The minimum atomic E-state index is 0.590. The predicted octanol–water partition coefficient (Wildman–Crippen LogP) is 5.21. The number of nitrogens with zero attached hydrogens (tertiary/aromatic N) is 2. The molecular formula is C17H11Cl2N3S. The molecule has 2 aliphatic rings. The van der Waals surface area contributed by atoms with Crippen molar-refractivity contribution in [3.05, 3.63) is 81.3 Å². The topological polar surface area (TPSA) is 27.6 Å². The van der Waals surface area contributed by atoms with E-state index < -0.39 is 0 Å². The Morgan fingerprint density at radius 1 is 0.957 bits per heavy atom. The number of fused-ring (bicyclic) bond motifs is 1. The van der Waals surface area contributed by atoms with Crippen molar-refractivity contribution in [3.8, 4) is 0 Å². The number of halogens is 2. The highest BCUT2D eigenvalue weighted by molar-refractivity contribution is 8.16. The maximum absolute atomic E-state index is 6.31. The van der Waals surface area contributed by atoms with Crippen LogP contribution in [0.4, 0.5) is 0 Å². The van der Waals surface area contributed by atoms with Crippen molar-refractivity contribution >= 4 is 51.5 Å². The predicted molar refractivity (Wildman–Crippen MR) is 98.9 cm³/mol. The van der Waals surface area contributed by atoms with Crippen LogP contribution in [0.2, 0.25) is 10.0 Å². The molecule has 0 radical (unpaired) electrons. The summed E-state index contributed by atoms with van der Waals surface area (Å²) in [6, 6.07) is 15.7. The zero-order valence-corrected chi connectivity index (χ0v) is 14.2. The Balaban J connectivity index is 1.75. The van der Waals surface area contributed by atoms with Crippen LogP contribution < -0.4 is 5.43 Å². The summed E-state index contributed by atoms with van der Waals surface area (Å²) in [7, 11) is 0. The molecule has 0 spiro atoms. The third-order valence-corrected chi connectivity index (χ3v) is 5.04. The van der Waals surface area contributed by atoms with Crippen molar-refractivity contribution in [1.29, 1.82) is 0 Å². The molecule has 0 saturated carbocycles. The van der Waals surface area contributed by atoms with E-state index in [0.29, 0.717) is 10.0 Å². The Bertz CT molecular complexity index is 839. The Hall–Kier alpha value is -1.88. The van der Waals surface area contributed by atoms with Gasteiger partial charge in [0, 0.05) is 17.2 Å². The summed E-state index contributed by atoms with van der Waals surface area (Å²) in [4.78, 5) is 2.05. The summed E-state index contributed by atoms with van der Waals surface area (Å²) < 4.78 is 0. The standard InChI is InChI=1S/C17H11Cl2N3S/c18-12-7-4-8-13(19)16(12)14-9-22-15(10-23-17(22)21-20-14)11-5-2-1-3-6-11/h1-10,20H. The van der Waals surface area contributed by atoms with Crippen molar-refractivity contribution in [2.24, 2.45) is 5.10 Å². The van der Waals surface area contributed by atoms with Crippen molar-refractivity contribution < 1.29 is 0 Å². The average molecular weight is 360 g/mol. The normalized spacial score (nSPS) is 16.3. The maximum Gasteiger partial charge on any atom is 0.196 e. The van der Waals surface area contributed by atoms with Gasteiger partial charge in [-0.05, 0) is 17.7 Å². The molecule has 0 unspecified atom stereocenters. The zero-order chi connectivity index (χ0) is 15.8. The van der Waals surface area contributed by atoms with E-state index in [4.69, 9.17) is 23.2 Å². The highest BCUT2D eigenvalue weighted by atomic mass is 35.5. The summed E-state index contributed by atoms with van der Waals surface area (Å²) in [5.41, 5.74) is 6.78. The smallest absolute Gasteiger partial charge is 0.196 e. The number of hydrogen-bond acceptors (Lipinski definition) is 4. The van der Waals surface area contributed by atoms with Crippen LogP contribution in [0.15, 0.2) is 65.2 Å². The third kappa shape index (κ3) is 2.63. The maximum atomic E-state index is 6.31. The van der Waals surface area contributed by atoms with E-state index in [-0.39, 0.29) is 0 Å². The molecule has 0 aromatic heterocycles. The fraction of sp³-hybridized carbons (Fsp3) is 0. The van der Waals surface area contributed by atoms with Gasteiger partial charge in [-0.3, -0.25) is 10.3 Å². The molecule has 0 fully saturated rings. The molecule has 3 nitrogen and oxygen atoms in total. The van der Waals surface area contributed by atoms with Gasteiger partial charge in [0.25, 0.3) is 0 Å². The van der Waals surface area contributed by atoms with Crippen LogP contribution in [-0.4, -0.2) is 10.1 Å². The number of rotatable bonds is 2. The van der Waals surface area contributed by atoms with Gasteiger partial charge < -0.3 is 0 Å². The van der Waals surface area contributed by atoms with E-state index in [1.54, 1.807) is 11.8 Å². The largest absolute Gasteiger partial charge is 0.291 e. The summed E-state index contributed by atoms with van der Waals surface area (Å²) in [6.07, 6.45) is 1.98. The monoisotopic (exact) mass is 359 g/mol. The summed E-state index contributed by atoms with van der Waals surface area (Å²) in [5.74, 6) is 0. The van der Waals surface area contributed by atoms with Crippen LogP contribution in [0.25, 0.3) is 11.4 Å². The van der Waals surface area contributed by atoms with Gasteiger partial charge in [0.1, 0.15) is 0 Å². The molecule has 2 heterocycles. The molecule has 23 heavy (non-hydrogen) atoms. The fourth-order valence-corrected chi connectivity index (χ4v) is 3.92. The van der Waals surface area contributed by atoms with Gasteiger partial charge in [0.05, 0.1) is 21.4 Å². The summed E-state index contributed by atoms with van der Waals surface area (Å²) in [6.45, 7) is 0. The molecule has 0 saturated heterocycles. The highest BCUT2D eigenvalue weighted by Crippen LogP contribution is 2.38. The van der Waals surface area contributed by atoms with Gasteiger partial charge in [-0.15, -0.1) is 5.10 Å². The molecule has 114 valence electrons. The SMILES string of the molecule is Clc1cccc(Cl)c1C1=CN2C(c3ccccc3)=CSC2=NN1. The van der Waals surface area contributed by atoms with Crippen molar-refractivity contribution in [2.75, 3.05) is 0 Å². The van der Waals surface area contributed by atoms with Crippen molar-refractivity contribution in [3.63, 3.8) is 0 Å². The van der Waals surface area contributed by atoms with E-state index in [2.05, 4.69) is 28.1 Å². The molecule has 0 atom stereocenters. The molecule has 2 aromatic rings. The molecule has 6 heteroatoms. The van der Waals surface area contributed by atoms with E-state index in [9.17, 15) is 0 Å². The molecule has 0 amide bonds. The fourth-order valence-electron chi connectivity index (χ4n) is 2.49. The van der Waals surface area contributed by atoms with Gasteiger partial charge in [-0.25, -0.2) is 0 Å². The van der Waals surface area contributed by atoms with E-state index in [0.717, 1.165) is 27.7 Å². The van der Waals surface area contributed by atoms with Crippen LogP contribution in [-0.2, 0) is 0 Å². The molecule has 2 aromatic carbocycles. The second-order valence-electron chi connectivity index (χ2n) is 5.00. The Morgan fingerprint density at radius 3 is 2.43 bits per heavy atom. The van der Waals surface area contributed by atoms with E-state index >= 15 is 0 Å². The van der Waals surface area contributed by atoms with E-state index in [1.807, 2.05) is 47.5 Å². The lowest BCUT2D eigenvalue weighted by Gasteiger charge is -2.24. The lowest BCUT2D eigenvalue weighted by molar-refractivity contribution is 0.759. The lowest BCUT2D eigenvalue weighted by atomic mass is 10.1. The van der Waals surface area contributed by atoms with Gasteiger partial charge in [-0.1, -0.05) is 71.4 Å². The van der Waals surface area contributed by atoms with Crippen LogP contribution >= 0.6 is 35.0 Å². The van der Waals surface area contributed by atoms with Gasteiger partial charge in [-0.2, -0.15) is 0 Å². The third-order valence-electron chi connectivity index (χ3n) is 3.57. The molecule has 0 bridgehead atoms. The first-order chi connectivity index (χ1) is 11.2. The molecule has 0 aliphatic carbocycles. The second-order valence-corrected chi connectivity index (χ2v) is 6.65. The highest BCUT2D eigenvalue weighted by Gasteiger charge is 2.27. The number of benzene rings is 2. The van der Waals surface area contributed by atoms with Crippen LogP contribution in [0, 0.1) is 0 Å². The minimum absolute atomic E-state index is 0.590. The number of thioether (sulfide) groups is 1. The number of hydrazone groups is 1. The van der Waals surface area contributed by atoms with Gasteiger partial charge >= 0.3 is 0 Å². The summed E-state index contributed by atoms with van der Waals surface area (Å²) >= 11 is 14.2. The van der Waals surface area contributed by atoms with Crippen molar-refractivity contribution in [2.45, 2.75) is 0 Å². The molecule has 2 aliphatic heterocycles. The molecule has 1 N–H and O–H groups in total.